The molecule has 0 aliphatic heterocycles. The van der Waals surface area contributed by atoms with Crippen molar-refractivity contribution in [3.8, 4) is 0 Å². The van der Waals surface area contributed by atoms with Crippen molar-refractivity contribution < 1.29 is 18.0 Å². The number of halogens is 3. The molecule has 1 aromatic rings. The maximum atomic E-state index is 13.4. The zero-order chi connectivity index (χ0) is 15.5. The highest BCUT2D eigenvalue weighted by Crippen LogP contribution is 2.22. The predicted octanol–water partition coefficient (Wildman–Crippen LogP) is 3.20. The molecule has 6 heteroatoms. The number of carbonyl (C=O) groups excluding carboxylic acids is 1. The van der Waals surface area contributed by atoms with E-state index < -0.39 is 35.1 Å². The number of nitrogens with two attached hydrogens (primary N) is 1. The fourth-order valence-corrected chi connectivity index (χ4v) is 1.95. The monoisotopic (exact) mass is 288 g/mol. The van der Waals surface area contributed by atoms with Crippen molar-refractivity contribution in [2.45, 2.75) is 39.7 Å². The summed E-state index contributed by atoms with van der Waals surface area (Å²) < 4.78 is 39.3. The molecule has 0 heterocycles. The molecule has 0 saturated carbocycles. The zero-order valence-corrected chi connectivity index (χ0v) is 11.8. The molecule has 0 aromatic heterocycles. The molecule has 0 aliphatic carbocycles. The molecule has 112 valence electrons. The van der Waals surface area contributed by atoms with Crippen molar-refractivity contribution in [2.75, 3.05) is 5.32 Å². The predicted molar refractivity (Wildman–Crippen MR) is 71.6 cm³/mol. The van der Waals surface area contributed by atoms with Gasteiger partial charge in [-0.15, -0.1) is 0 Å². The highest BCUT2D eigenvalue weighted by Gasteiger charge is 2.19. The standard InChI is InChI=1S/C14H19F3N2O/c1-14(2,3)7-9(18)6-12(20)19-11-5-8(15)4-10(16)13(11)17/h4-5,9H,6-7,18H2,1-3H3,(H,19,20). The minimum Gasteiger partial charge on any atom is -0.327 e. The summed E-state index contributed by atoms with van der Waals surface area (Å²) in [5.74, 6) is -4.17. The lowest BCUT2D eigenvalue weighted by molar-refractivity contribution is -0.116. The molecule has 0 bridgehead atoms. The Morgan fingerprint density at radius 2 is 1.90 bits per heavy atom. The van der Waals surface area contributed by atoms with Gasteiger partial charge in [-0.3, -0.25) is 4.79 Å². The Bertz CT molecular complexity index is 498. The topological polar surface area (TPSA) is 55.1 Å². The van der Waals surface area contributed by atoms with Crippen molar-refractivity contribution in [3.05, 3.63) is 29.6 Å². The van der Waals surface area contributed by atoms with Crippen molar-refractivity contribution in [1.82, 2.24) is 0 Å². The molecular weight excluding hydrogens is 269 g/mol. The van der Waals surface area contributed by atoms with Crippen LogP contribution in [-0.4, -0.2) is 11.9 Å². The molecule has 0 fully saturated rings. The highest BCUT2D eigenvalue weighted by molar-refractivity contribution is 5.91. The number of hydrogen-bond donors (Lipinski definition) is 2. The van der Waals surface area contributed by atoms with Gasteiger partial charge in [-0.05, 0) is 11.8 Å². The molecule has 3 N–H and O–H groups in total. The average Bonchev–Trinajstić information content (AvgIpc) is 2.21. The zero-order valence-electron chi connectivity index (χ0n) is 11.8. The van der Waals surface area contributed by atoms with E-state index in [1.165, 1.54) is 0 Å². The maximum Gasteiger partial charge on any atom is 0.226 e. The lowest BCUT2D eigenvalue weighted by Crippen LogP contribution is -2.31. The Morgan fingerprint density at radius 3 is 2.45 bits per heavy atom. The first kappa shape index (κ1) is 16.5. The summed E-state index contributed by atoms with van der Waals surface area (Å²) in [5, 5.41) is 2.13. The van der Waals surface area contributed by atoms with Gasteiger partial charge in [0.2, 0.25) is 5.91 Å². The fraction of sp³-hybridized carbons (Fsp3) is 0.500. The first-order valence-electron chi connectivity index (χ1n) is 6.28. The number of rotatable bonds is 4. The molecule has 1 unspecified atom stereocenters. The van der Waals surface area contributed by atoms with Gasteiger partial charge in [-0.1, -0.05) is 20.8 Å². The van der Waals surface area contributed by atoms with Crippen molar-refractivity contribution in [3.63, 3.8) is 0 Å². The Balaban J connectivity index is 2.68. The molecule has 20 heavy (non-hydrogen) atoms. The smallest absolute Gasteiger partial charge is 0.226 e. The van der Waals surface area contributed by atoms with E-state index >= 15 is 0 Å². The molecule has 1 aromatic carbocycles. The Labute approximate surface area is 116 Å². The van der Waals surface area contributed by atoms with Gasteiger partial charge in [0.25, 0.3) is 0 Å². The van der Waals surface area contributed by atoms with E-state index in [2.05, 4.69) is 5.32 Å². The minimum atomic E-state index is -1.35. The number of carbonyl (C=O) groups is 1. The second-order valence-corrected chi connectivity index (χ2v) is 6.03. The quantitative estimate of drug-likeness (QED) is 0.836. The first-order chi connectivity index (χ1) is 9.08. The third kappa shape index (κ3) is 5.21. The van der Waals surface area contributed by atoms with Crippen molar-refractivity contribution >= 4 is 11.6 Å². The van der Waals surface area contributed by atoms with E-state index in [0.29, 0.717) is 12.5 Å². The van der Waals surface area contributed by atoms with Gasteiger partial charge in [0.15, 0.2) is 11.6 Å². The SMILES string of the molecule is CC(C)(C)CC(N)CC(=O)Nc1cc(F)cc(F)c1F. The van der Waals surface area contributed by atoms with Crippen LogP contribution in [0.5, 0.6) is 0 Å². The van der Waals surface area contributed by atoms with Gasteiger partial charge >= 0.3 is 0 Å². The van der Waals surface area contributed by atoms with Gasteiger partial charge < -0.3 is 11.1 Å². The highest BCUT2D eigenvalue weighted by atomic mass is 19.2. The number of nitrogens with one attached hydrogen (secondary N) is 1. The summed E-state index contributed by atoms with van der Waals surface area (Å²) >= 11 is 0. The van der Waals surface area contributed by atoms with Crippen LogP contribution in [0.1, 0.15) is 33.6 Å². The van der Waals surface area contributed by atoms with Crippen LogP contribution in [0.15, 0.2) is 12.1 Å². The van der Waals surface area contributed by atoms with Crippen LogP contribution in [0, 0.1) is 22.9 Å². The van der Waals surface area contributed by atoms with E-state index in [9.17, 15) is 18.0 Å². The van der Waals surface area contributed by atoms with E-state index in [1.54, 1.807) is 0 Å². The first-order valence-corrected chi connectivity index (χ1v) is 6.28. The van der Waals surface area contributed by atoms with Crippen molar-refractivity contribution in [1.29, 1.82) is 0 Å². The number of amides is 1. The molecule has 1 amide bonds. The minimum absolute atomic E-state index is 0.0457. The summed E-state index contributed by atoms with van der Waals surface area (Å²) in [4.78, 5) is 11.7. The van der Waals surface area contributed by atoms with Crippen LogP contribution in [0.3, 0.4) is 0 Å². The third-order valence-electron chi connectivity index (χ3n) is 2.59. The van der Waals surface area contributed by atoms with E-state index in [0.717, 1.165) is 6.07 Å². The Morgan fingerprint density at radius 1 is 1.30 bits per heavy atom. The fourth-order valence-electron chi connectivity index (χ4n) is 1.95. The van der Waals surface area contributed by atoms with Crippen LogP contribution in [0.4, 0.5) is 18.9 Å². The Hall–Kier alpha value is -1.56. The molecule has 0 aliphatic rings. The summed E-state index contributed by atoms with van der Waals surface area (Å²) in [5.41, 5.74) is 5.25. The second-order valence-electron chi connectivity index (χ2n) is 6.03. The molecule has 0 spiro atoms. The van der Waals surface area contributed by atoms with Gasteiger partial charge in [-0.2, -0.15) is 0 Å². The molecule has 1 rings (SSSR count). The van der Waals surface area contributed by atoms with Gasteiger partial charge in [0.1, 0.15) is 5.82 Å². The lowest BCUT2D eigenvalue weighted by Gasteiger charge is -2.22. The number of hydrogen-bond acceptors (Lipinski definition) is 2. The van der Waals surface area contributed by atoms with E-state index in [4.69, 9.17) is 5.73 Å². The Kier molecular flexibility index (Phi) is 5.16. The summed E-state index contributed by atoms with van der Waals surface area (Å²) in [6.45, 7) is 5.94. The molecule has 1 atom stereocenters. The number of benzene rings is 1. The average molecular weight is 288 g/mol. The second kappa shape index (κ2) is 6.26. The van der Waals surface area contributed by atoms with E-state index in [1.807, 2.05) is 20.8 Å². The maximum absolute atomic E-state index is 13.4. The summed E-state index contributed by atoms with van der Waals surface area (Å²) in [6.07, 6.45) is 0.551. The van der Waals surface area contributed by atoms with Crippen LogP contribution in [-0.2, 0) is 4.79 Å². The lowest BCUT2D eigenvalue weighted by atomic mass is 9.87. The normalized spacial score (nSPS) is 13.2. The van der Waals surface area contributed by atoms with Gasteiger partial charge in [-0.25, -0.2) is 13.2 Å². The molecular formula is C14H19F3N2O. The summed E-state index contributed by atoms with van der Waals surface area (Å²) in [7, 11) is 0. The van der Waals surface area contributed by atoms with Crippen LogP contribution < -0.4 is 11.1 Å². The number of anilines is 1. The molecule has 0 radical (unpaired) electrons. The third-order valence-corrected chi connectivity index (χ3v) is 2.59. The van der Waals surface area contributed by atoms with Crippen LogP contribution >= 0.6 is 0 Å². The largest absolute Gasteiger partial charge is 0.327 e. The molecule has 3 nitrogen and oxygen atoms in total. The summed E-state index contributed by atoms with van der Waals surface area (Å²) in [6, 6.07) is 0.735. The van der Waals surface area contributed by atoms with Gasteiger partial charge in [0.05, 0.1) is 5.69 Å². The molecule has 0 saturated heterocycles. The van der Waals surface area contributed by atoms with Crippen molar-refractivity contribution in [2.24, 2.45) is 11.1 Å². The van der Waals surface area contributed by atoms with Crippen LogP contribution in [0.25, 0.3) is 0 Å². The van der Waals surface area contributed by atoms with Gasteiger partial charge in [0, 0.05) is 24.6 Å². The van der Waals surface area contributed by atoms with Crippen LogP contribution in [0.2, 0.25) is 0 Å². The van der Waals surface area contributed by atoms with E-state index in [-0.39, 0.29) is 11.8 Å².